The number of sulfone groups is 1. The number of carbonyl (C=O) groups excluding carboxylic acids is 1. The van der Waals surface area contributed by atoms with Crippen LogP contribution in [0.1, 0.15) is 32.3 Å². The number of halogens is 1. The van der Waals surface area contributed by atoms with Crippen LogP contribution < -0.4 is 10.2 Å². The highest BCUT2D eigenvalue weighted by Crippen LogP contribution is 2.20. The van der Waals surface area contributed by atoms with Crippen molar-refractivity contribution in [2.75, 3.05) is 24.5 Å². The molecule has 0 bridgehead atoms. The lowest BCUT2D eigenvalue weighted by molar-refractivity contribution is -0.120. The molecule has 30 heavy (non-hydrogen) atoms. The van der Waals surface area contributed by atoms with Gasteiger partial charge in [-0.15, -0.1) is 0 Å². The zero-order valence-corrected chi connectivity index (χ0v) is 18.0. The van der Waals surface area contributed by atoms with Crippen LogP contribution in [0.3, 0.4) is 0 Å². The number of aromatic nitrogens is 2. The van der Waals surface area contributed by atoms with E-state index in [4.69, 9.17) is 0 Å². The number of nitrogens with zero attached hydrogens (tertiary/aromatic N) is 3. The smallest absolute Gasteiger partial charge is 0.225 e. The van der Waals surface area contributed by atoms with Crippen molar-refractivity contribution in [3.05, 3.63) is 48.0 Å². The first-order chi connectivity index (χ1) is 14.3. The van der Waals surface area contributed by atoms with Gasteiger partial charge in [0.1, 0.15) is 0 Å². The molecule has 9 heteroatoms. The highest BCUT2D eigenvalue weighted by molar-refractivity contribution is 7.92. The molecule has 0 radical (unpaired) electrons. The fourth-order valence-electron chi connectivity index (χ4n) is 3.38. The average molecular weight is 435 g/mol. The predicted octanol–water partition coefficient (Wildman–Crippen LogP) is 2.37. The van der Waals surface area contributed by atoms with Gasteiger partial charge in [-0.2, -0.15) is 0 Å². The standard InChI is InChI=1S/C21H27FN4O3S/c1-15(2)30(28,29)19-5-3-16(4-6-19)11-20(27)23-12-17-7-9-26(10-8-17)21-24-13-18(22)14-25-21/h3-6,13-15,17H,7-12H2,1-2H3,(H,23,27). The molecule has 7 nitrogen and oxygen atoms in total. The van der Waals surface area contributed by atoms with E-state index >= 15 is 0 Å². The van der Waals surface area contributed by atoms with Crippen molar-refractivity contribution in [3.8, 4) is 0 Å². The van der Waals surface area contributed by atoms with Gasteiger partial charge in [-0.25, -0.2) is 22.8 Å². The van der Waals surface area contributed by atoms with Gasteiger partial charge >= 0.3 is 0 Å². The summed E-state index contributed by atoms with van der Waals surface area (Å²) in [5, 5.41) is 2.49. The van der Waals surface area contributed by atoms with E-state index in [0.717, 1.165) is 31.5 Å². The van der Waals surface area contributed by atoms with Gasteiger partial charge in [0, 0.05) is 19.6 Å². The Morgan fingerprint density at radius 1 is 1.17 bits per heavy atom. The molecule has 1 amide bonds. The first kappa shape index (κ1) is 22.1. The molecule has 2 aromatic rings. The molecule has 1 N–H and O–H groups in total. The Bertz CT molecular complexity index is 955. The topological polar surface area (TPSA) is 92.3 Å². The van der Waals surface area contributed by atoms with Gasteiger partial charge in [0.05, 0.1) is 29.0 Å². The predicted molar refractivity (Wildman–Crippen MR) is 112 cm³/mol. The number of anilines is 1. The maximum Gasteiger partial charge on any atom is 0.225 e. The molecule has 3 rings (SSSR count). The monoisotopic (exact) mass is 434 g/mol. The zero-order chi connectivity index (χ0) is 21.7. The molecule has 1 aromatic heterocycles. The Labute approximate surface area is 176 Å². The van der Waals surface area contributed by atoms with Crippen LogP contribution in [0.5, 0.6) is 0 Å². The van der Waals surface area contributed by atoms with Gasteiger partial charge in [0.25, 0.3) is 0 Å². The van der Waals surface area contributed by atoms with Gasteiger partial charge in [-0.3, -0.25) is 4.79 Å². The Morgan fingerprint density at radius 3 is 2.33 bits per heavy atom. The Balaban J connectivity index is 1.44. The highest BCUT2D eigenvalue weighted by Gasteiger charge is 2.22. The van der Waals surface area contributed by atoms with Crippen molar-refractivity contribution >= 4 is 21.7 Å². The first-order valence-corrected chi connectivity index (χ1v) is 11.6. The molecule has 1 aliphatic rings. The largest absolute Gasteiger partial charge is 0.356 e. The van der Waals surface area contributed by atoms with Gasteiger partial charge in [0.2, 0.25) is 11.9 Å². The van der Waals surface area contributed by atoms with E-state index in [-0.39, 0.29) is 17.2 Å². The number of amides is 1. The maximum absolute atomic E-state index is 12.9. The Hall–Kier alpha value is -2.55. The van der Waals surface area contributed by atoms with E-state index in [1.54, 1.807) is 38.1 Å². The van der Waals surface area contributed by atoms with E-state index < -0.39 is 20.9 Å². The van der Waals surface area contributed by atoms with E-state index in [1.807, 2.05) is 4.90 Å². The third kappa shape index (κ3) is 5.53. The van der Waals surface area contributed by atoms with Crippen LogP contribution >= 0.6 is 0 Å². The van der Waals surface area contributed by atoms with Crippen molar-refractivity contribution in [2.45, 2.75) is 43.3 Å². The molecular weight excluding hydrogens is 407 g/mol. The fourth-order valence-corrected chi connectivity index (χ4v) is 4.44. The van der Waals surface area contributed by atoms with E-state index in [1.165, 1.54) is 12.4 Å². The lowest BCUT2D eigenvalue weighted by Crippen LogP contribution is -2.39. The fraction of sp³-hybridized carbons (Fsp3) is 0.476. The third-order valence-corrected chi connectivity index (χ3v) is 7.50. The van der Waals surface area contributed by atoms with E-state index in [0.29, 0.717) is 18.4 Å². The molecule has 1 aromatic carbocycles. The normalized spacial score (nSPS) is 15.4. The molecule has 0 spiro atoms. The van der Waals surface area contributed by atoms with Gasteiger partial charge in [-0.1, -0.05) is 12.1 Å². The van der Waals surface area contributed by atoms with Crippen LogP contribution in [-0.4, -0.2) is 49.2 Å². The highest BCUT2D eigenvalue weighted by atomic mass is 32.2. The second-order valence-corrected chi connectivity index (χ2v) is 10.4. The summed E-state index contributed by atoms with van der Waals surface area (Å²) in [6.45, 7) is 5.41. The summed E-state index contributed by atoms with van der Waals surface area (Å²) in [4.78, 5) is 22.6. The quantitative estimate of drug-likeness (QED) is 0.719. The lowest BCUT2D eigenvalue weighted by Gasteiger charge is -2.31. The molecule has 0 saturated carbocycles. The second-order valence-electron chi connectivity index (χ2n) is 7.85. The molecule has 162 valence electrons. The van der Waals surface area contributed by atoms with Crippen molar-refractivity contribution < 1.29 is 17.6 Å². The molecule has 0 unspecified atom stereocenters. The number of carbonyl (C=O) groups is 1. The van der Waals surface area contributed by atoms with E-state index in [9.17, 15) is 17.6 Å². The maximum atomic E-state index is 12.9. The lowest BCUT2D eigenvalue weighted by atomic mass is 9.97. The first-order valence-electron chi connectivity index (χ1n) is 10.1. The summed E-state index contributed by atoms with van der Waals surface area (Å²) in [5.74, 6) is 0.359. The van der Waals surface area contributed by atoms with Crippen LogP contribution in [0.2, 0.25) is 0 Å². The number of nitrogens with one attached hydrogen (secondary N) is 1. The number of hydrogen-bond acceptors (Lipinski definition) is 6. The molecular formula is C21H27FN4O3S. The van der Waals surface area contributed by atoms with Crippen LogP contribution in [0.4, 0.5) is 10.3 Å². The number of piperidine rings is 1. The molecule has 1 fully saturated rings. The summed E-state index contributed by atoms with van der Waals surface area (Å²) >= 11 is 0. The van der Waals surface area contributed by atoms with Crippen LogP contribution in [0, 0.1) is 11.7 Å². The summed E-state index contributed by atoms with van der Waals surface area (Å²) < 4.78 is 37.3. The molecule has 0 atom stereocenters. The van der Waals surface area contributed by atoms with Gasteiger partial charge in [0.15, 0.2) is 15.7 Å². The molecule has 1 aliphatic heterocycles. The van der Waals surface area contributed by atoms with Crippen molar-refractivity contribution in [1.29, 1.82) is 0 Å². The molecule has 0 aliphatic carbocycles. The summed E-state index contributed by atoms with van der Waals surface area (Å²) in [7, 11) is -3.31. The van der Waals surface area contributed by atoms with Crippen LogP contribution in [0.15, 0.2) is 41.6 Å². The molecule has 2 heterocycles. The van der Waals surface area contributed by atoms with Crippen molar-refractivity contribution in [2.24, 2.45) is 5.92 Å². The van der Waals surface area contributed by atoms with Crippen LogP contribution in [0.25, 0.3) is 0 Å². The van der Waals surface area contributed by atoms with Crippen molar-refractivity contribution in [1.82, 2.24) is 15.3 Å². The SMILES string of the molecule is CC(C)S(=O)(=O)c1ccc(CC(=O)NCC2CCN(c3ncc(F)cn3)CC2)cc1. The second kappa shape index (κ2) is 9.51. The van der Waals surface area contributed by atoms with Crippen LogP contribution in [-0.2, 0) is 21.1 Å². The minimum Gasteiger partial charge on any atom is -0.356 e. The number of rotatable bonds is 7. The van der Waals surface area contributed by atoms with E-state index in [2.05, 4.69) is 15.3 Å². The Kier molecular flexibility index (Phi) is 7.02. The Morgan fingerprint density at radius 2 is 1.77 bits per heavy atom. The zero-order valence-electron chi connectivity index (χ0n) is 17.2. The summed E-state index contributed by atoms with van der Waals surface area (Å²) in [6.07, 6.45) is 4.33. The van der Waals surface area contributed by atoms with Gasteiger partial charge in [-0.05, 0) is 50.3 Å². The summed E-state index contributed by atoms with van der Waals surface area (Å²) in [5.41, 5.74) is 0.776. The van der Waals surface area contributed by atoms with Crippen molar-refractivity contribution in [3.63, 3.8) is 0 Å². The molecule has 1 saturated heterocycles. The minimum atomic E-state index is -3.31. The minimum absolute atomic E-state index is 0.0845. The third-order valence-electron chi connectivity index (χ3n) is 5.33. The van der Waals surface area contributed by atoms with Gasteiger partial charge < -0.3 is 10.2 Å². The average Bonchev–Trinajstić information content (AvgIpc) is 2.73. The number of benzene rings is 1. The number of hydrogen-bond donors (Lipinski definition) is 1. The summed E-state index contributed by atoms with van der Waals surface area (Å²) in [6, 6.07) is 6.50.